The molecule has 0 amide bonds. The first kappa shape index (κ1) is 41.7. The van der Waals surface area contributed by atoms with E-state index in [2.05, 4.69) is 186 Å². The fraction of sp³-hybridized carbons (Fsp3) is 0.138. The van der Waals surface area contributed by atoms with E-state index in [0.29, 0.717) is 0 Å². The van der Waals surface area contributed by atoms with Crippen LogP contribution in [0.5, 0.6) is 0 Å². The number of thiophene rings is 1. The number of benzene rings is 8. The molecule has 60 heavy (non-hydrogen) atoms. The fourth-order valence-electron chi connectivity index (χ4n) is 8.21. The smallest absolute Gasteiger partial charge is 0.143 e. The first-order valence-electron chi connectivity index (χ1n) is 21.2. The molecule has 0 spiro atoms. The molecule has 0 bridgehead atoms. The SMILES string of the molecule is C=C(C)Cc1ccccc1-c1ccc2ccc3c4ccccc4sc3c2c1C.C=C(c1ccc(-c2cccc3c2oc2ccccc23)cc1)c1ccccc1C.CC.CC. The van der Waals surface area contributed by atoms with Crippen LogP contribution < -0.4 is 0 Å². The molecule has 0 N–H and O–H groups in total. The van der Waals surface area contributed by atoms with Crippen LogP contribution in [0.25, 0.3) is 80.7 Å². The van der Waals surface area contributed by atoms with Gasteiger partial charge < -0.3 is 4.42 Å². The van der Waals surface area contributed by atoms with Crippen LogP contribution in [0.1, 0.15) is 62.4 Å². The van der Waals surface area contributed by atoms with E-state index in [-0.39, 0.29) is 0 Å². The molecule has 0 aliphatic heterocycles. The number of rotatable bonds is 6. The van der Waals surface area contributed by atoms with Gasteiger partial charge in [0, 0.05) is 41.9 Å². The third kappa shape index (κ3) is 8.09. The van der Waals surface area contributed by atoms with Gasteiger partial charge in [0.2, 0.25) is 0 Å². The van der Waals surface area contributed by atoms with Crippen LogP contribution >= 0.6 is 11.3 Å². The summed E-state index contributed by atoms with van der Waals surface area (Å²) >= 11 is 1.91. The van der Waals surface area contributed by atoms with Gasteiger partial charge in [-0.2, -0.15) is 0 Å². The maximum atomic E-state index is 6.18. The Hall–Kier alpha value is -6.48. The lowest BCUT2D eigenvalue weighted by Gasteiger charge is -2.15. The van der Waals surface area contributed by atoms with Crippen molar-refractivity contribution in [3.05, 3.63) is 210 Å². The van der Waals surface area contributed by atoms with Gasteiger partial charge in [-0.1, -0.05) is 198 Å². The maximum Gasteiger partial charge on any atom is 0.143 e. The molecule has 2 heterocycles. The summed E-state index contributed by atoms with van der Waals surface area (Å²) in [5.41, 5.74) is 15.3. The zero-order chi connectivity index (χ0) is 42.3. The molecule has 0 radical (unpaired) electrons. The zero-order valence-corrected chi connectivity index (χ0v) is 36.8. The van der Waals surface area contributed by atoms with Crippen LogP contribution in [0.15, 0.2) is 187 Å². The van der Waals surface area contributed by atoms with Crippen molar-refractivity contribution in [2.75, 3.05) is 0 Å². The maximum absolute atomic E-state index is 6.18. The van der Waals surface area contributed by atoms with Crippen molar-refractivity contribution in [2.24, 2.45) is 0 Å². The Kier molecular flexibility index (Phi) is 12.9. The quantitative estimate of drug-likeness (QED) is 0.153. The summed E-state index contributed by atoms with van der Waals surface area (Å²) in [6.07, 6.45) is 0.917. The summed E-state index contributed by atoms with van der Waals surface area (Å²) in [7, 11) is 0. The average Bonchev–Trinajstić information content (AvgIpc) is 3.87. The van der Waals surface area contributed by atoms with Gasteiger partial charge in [-0.15, -0.1) is 11.3 Å². The highest BCUT2D eigenvalue weighted by molar-refractivity contribution is 7.26. The lowest BCUT2D eigenvalue weighted by Crippen LogP contribution is -1.93. The number of aryl methyl sites for hydroxylation is 2. The second-order valence-corrected chi connectivity index (χ2v) is 15.9. The molecular formula is C58H54OS. The Labute approximate surface area is 360 Å². The second-order valence-electron chi connectivity index (χ2n) is 14.8. The molecule has 0 aliphatic rings. The lowest BCUT2D eigenvalue weighted by molar-refractivity contribution is 0.670. The van der Waals surface area contributed by atoms with E-state index in [4.69, 9.17) is 4.42 Å². The molecule has 10 rings (SSSR count). The van der Waals surface area contributed by atoms with Gasteiger partial charge in [-0.25, -0.2) is 0 Å². The van der Waals surface area contributed by atoms with Crippen molar-refractivity contribution in [3.8, 4) is 22.3 Å². The van der Waals surface area contributed by atoms with Gasteiger partial charge in [-0.05, 0) is 94.8 Å². The third-order valence-corrected chi connectivity index (χ3v) is 12.2. The van der Waals surface area contributed by atoms with E-state index in [9.17, 15) is 0 Å². The van der Waals surface area contributed by atoms with E-state index in [1.54, 1.807) is 0 Å². The number of fused-ring (bicyclic) bond motifs is 8. The molecule has 0 saturated heterocycles. The van der Waals surface area contributed by atoms with Crippen LogP contribution in [0, 0.1) is 13.8 Å². The van der Waals surface area contributed by atoms with Crippen molar-refractivity contribution in [1.82, 2.24) is 0 Å². The molecule has 0 atom stereocenters. The van der Waals surface area contributed by atoms with Gasteiger partial charge in [0.25, 0.3) is 0 Å². The molecule has 2 heteroatoms. The molecule has 8 aromatic carbocycles. The topological polar surface area (TPSA) is 13.1 Å². The van der Waals surface area contributed by atoms with Crippen molar-refractivity contribution < 1.29 is 4.42 Å². The molecule has 0 fully saturated rings. The van der Waals surface area contributed by atoms with Crippen molar-refractivity contribution in [3.63, 3.8) is 0 Å². The van der Waals surface area contributed by atoms with Gasteiger partial charge >= 0.3 is 0 Å². The Balaban J connectivity index is 0.000000168. The summed E-state index contributed by atoms with van der Waals surface area (Å²) < 4.78 is 8.94. The van der Waals surface area contributed by atoms with Crippen molar-refractivity contribution in [2.45, 2.75) is 54.9 Å². The third-order valence-electron chi connectivity index (χ3n) is 11.0. The minimum atomic E-state index is 0.917. The first-order chi connectivity index (χ1) is 29.4. The largest absolute Gasteiger partial charge is 0.455 e. The minimum Gasteiger partial charge on any atom is -0.455 e. The number of para-hydroxylation sites is 2. The number of allylic oxidation sites excluding steroid dienone is 1. The zero-order valence-electron chi connectivity index (χ0n) is 36.0. The Morgan fingerprint density at radius 1 is 0.550 bits per heavy atom. The van der Waals surface area contributed by atoms with Gasteiger partial charge in [0.05, 0.1) is 0 Å². The molecule has 298 valence electrons. The predicted molar refractivity (Wildman–Crippen MR) is 267 cm³/mol. The molecule has 0 aliphatic carbocycles. The highest BCUT2D eigenvalue weighted by Crippen LogP contribution is 2.42. The second kappa shape index (κ2) is 18.6. The molecule has 10 aromatic rings. The van der Waals surface area contributed by atoms with Crippen LogP contribution in [0.4, 0.5) is 0 Å². The molecule has 0 unspecified atom stereocenters. The normalized spacial score (nSPS) is 10.8. The van der Waals surface area contributed by atoms with Gasteiger partial charge in [-0.3, -0.25) is 0 Å². The van der Waals surface area contributed by atoms with E-state index in [1.807, 2.05) is 51.2 Å². The Morgan fingerprint density at radius 3 is 1.95 bits per heavy atom. The predicted octanol–water partition coefficient (Wildman–Crippen LogP) is 18.0. The van der Waals surface area contributed by atoms with E-state index >= 15 is 0 Å². The molecule has 0 saturated carbocycles. The highest BCUT2D eigenvalue weighted by Gasteiger charge is 2.15. The Morgan fingerprint density at radius 2 is 1.18 bits per heavy atom. The molecule has 2 aromatic heterocycles. The Bertz CT molecular complexity index is 3120. The van der Waals surface area contributed by atoms with Crippen LogP contribution in [0.2, 0.25) is 0 Å². The summed E-state index contributed by atoms with van der Waals surface area (Å²) in [4.78, 5) is 0. The van der Waals surface area contributed by atoms with Gasteiger partial charge in [0.1, 0.15) is 11.2 Å². The van der Waals surface area contributed by atoms with E-state index < -0.39 is 0 Å². The summed E-state index contributed by atoms with van der Waals surface area (Å²) in [6, 6.07) is 58.1. The van der Waals surface area contributed by atoms with Crippen LogP contribution in [-0.4, -0.2) is 0 Å². The average molecular weight is 799 g/mol. The number of hydrogen-bond donors (Lipinski definition) is 0. The molecular weight excluding hydrogens is 745 g/mol. The fourth-order valence-corrected chi connectivity index (χ4v) is 9.52. The summed E-state index contributed by atoms with van der Waals surface area (Å²) in [5, 5.41) is 7.74. The number of furan rings is 1. The minimum absolute atomic E-state index is 0.917. The summed E-state index contributed by atoms with van der Waals surface area (Å²) in [6.45, 7) is 22.9. The van der Waals surface area contributed by atoms with Crippen LogP contribution in [0.3, 0.4) is 0 Å². The standard InChI is InChI=1S/C27H20O.C27H22S.2C2H6/c1-18-8-3-4-9-22(18)19(2)20-14-16-21(17-15-20)23-11-7-12-25-24-10-5-6-13-26(24)28-27(23)25;1-17(2)16-20-8-4-5-9-22(20)21-14-12-19-13-15-24-23-10-6-7-11-25(23)28-27(24)26(19)18(21)3;2*1-2/h3-17H,2H2,1H3;4-15H,1,16H2,2-3H3;2*1-2H3. The van der Waals surface area contributed by atoms with Crippen molar-refractivity contribution >= 4 is 69.8 Å². The number of hydrogen-bond acceptors (Lipinski definition) is 2. The monoisotopic (exact) mass is 798 g/mol. The van der Waals surface area contributed by atoms with Crippen LogP contribution in [-0.2, 0) is 6.42 Å². The summed E-state index contributed by atoms with van der Waals surface area (Å²) in [5.74, 6) is 0. The highest BCUT2D eigenvalue weighted by atomic mass is 32.1. The van der Waals surface area contributed by atoms with E-state index in [0.717, 1.165) is 50.6 Å². The lowest BCUT2D eigenvalue weighted by atomic mass is 9.90. The first-order valence-corrected chi connectivity index (χ1v) is 22.0. The van der Waals surface area contributed by atoms with Crippen molar-refractivity contribution in [1.29, 1.82) is 0 Å². The van der Waals surface area contributed by atoms with E-state index in [1.165, 1.54) is 69.9 Å². The van der Waals surface area contributed by atoms with Gasteiger partial charge in [0.15, 0.2) is 0 Å². The molecule has 1 nitrogen and oxygen atoms in total.